The molecule has 4 heteroatoms. The largest absolute Gasteiger partial charge is 0.494 e. The second-order valence-corrected chi connectivity index (χ2v) is 4.92. The van der Waals surface area contributed by atoms with Crippen molar-refractivity contribution in [1.82, 2.24) is 0 Å². The maximum Gasteiger partial charge on any atom is 0.227 e. The number of hydrogen-bond acceptors (Lipinski definition) is 3. The van der Waals surface area contributed by atoms with E-state index in [9.17, 15) is 4.79 Å². The second-order valence-electron chi connectivity index (χ2n) is 4.92. The Balaban J connectivity index is 1.74. The molecule has 2 aromatic carbocycles. The third-order valence-electron chi connectivity index (χ3n) is 3.07. The standard InChI is InChI=1S/C18H21NO3/c1-3-21-16-10-6-15(7-11-16)19-18(20)12-13-22-17-8-4-14(2)5-9-17/h4-11H,3,12-13H2,1-2H3,(H,19,20). The van der Waals surface area contributed by atoms with Crippen molar-refractivity contribution in [2.75, 3.05) is 18.5 Å². The molecular formula is C18H21NO3. The lowest BCUT2D eigenvalue weighted by Gasteiger charge is -2.08. The Morgan fingerprint density at radius 1 is 0.955 bits per heavy atom. The molecule has 0 aromatic heterocycles. The van der Waals surface area contributed by atoms with Crippen molar-refractivity contribution in [3.8, 4) is 11.5 Å². The molecular weight excluding hydrogens is 278 g/mol. The maximum absolute atomic E-state index is 11.8. The zero-order valence-electron chi connectivity index (χ0n) is 13.0. The van der Waals surface area contributed by atoms with E-state index in [1.807, 2.05) is 62.4 Å². The summed E-state index contributed by atoms with van der Waals surface area (Å²) < 4.78 is 10.9. The molecule has 2 aromatic rings. The number of anilines is 1. The molecule has 0 atom stereocenters. The van der Waals surface area contributed by atoms with Crippen molar-refractivity contribution in [3.63, 3.8) is 0 Å². The predicted octanol–water partition coefficient (Wildman–Crippen LogP) is 3.80. The van der Waals surface area contributed by atoms with Gasteiger partial charge >= 0.3 is 0 Å². The number of carbonyl (C=O) groups excluding carboxylic acids is 1. The van der Waals surface area contributed by atoms with Gasteiger partial charge in [0.1, 0.15) is 11.5 Å². The number of nitrogens with one attached hydrogen (secondary N) is 1. The Kier molecular flexibility index (Phi) is 5.83. The summed E-state index contributed by atoms with van der Waals surface area (Å²) in [7, 11) is 0. The summed E-state index contributed by atoms with van der Waals surface area (Å²) in [6, 6.07) is 15.1. The molecule has 0 radical (unpaired) electrons. The Labute approximate surface area is 131 Å². The first-order chi connectivity index (χ1) is 10.7. The Hall–Kier alpha value is -2.49. The van der Waals surface area contributed by atoms with Crippen LogP contribution in [0.15, 0.2) is 48.5 Å². The lowest BCUT2D eigenvalue weighted by atomic mass is 10.2. The molecule has 0 saturated carbocycles. The lowest BCUT2D eigenvalue weighted by Crippen LogP contribution is -2.15. The van der Waals surface area contributed by atoms with E-state index >= 15 is 0 Å². The van der Waals surface area contributed by atoms with Crippen LogP contribution in [0, 0.1) is 6.92 Å². The SMILES string of the molecule is CCOc1ccc(NC(=O)CCOc2ccc(C)cc2)cc1. The van der Waals surface area contributed by atoms with Gasteiger partial charge in [-0.05, 0) is 50.2 Å². The number of amides is 1. The van der Waals surface area contributed by atoms with Crippen LogP contribution in [-0.2, 0) is 4.79 Å². The van der Waals surface area contributed by atoms with E-state index in [-0.39, 0.29) is 5.91 Å². The Morgan fingerprint density at radius 3 is 2.18 bits per heavy atom. The Morgan fingerprint density at radius 2 is 1.55 bits per heavy atom. The highest BCUT2D eigenvalue weighted by Crippen LogP contribution is 2.16. The number of aryl methyl sites for hydroxylation is 1. The number of benzene rings is 2. The maximum atomic E-state index is 11.8. The molecule has 0 aliphatic carbocycles. The average molecular weight is 299 g/mol. The first-order valence-corrected chi connectivity index (χ1v) is 7.39. The minimum absolute atomic E-state index is 0.0729. The highest BCUT2D eigenvalue weighted by molar-refractivity contribution is 5.90. The van der Waals surface area contributed by atoms with E-state index in [0.29, 0.717) is 19.6 Å². The molecule has 4 nitrogen and oxygen atoms in total. The van der Waals surface area contributed by atoms with E-state index in [0.717, 1.165) is 17.2 Å². The van der Waals surface area contributed by atoms with Crippen LogP contribution in [0.25, 0.3) is 0 Å². The third-order valence-corrected chi connectivity index (χ3v) is 3.07. The van der Waals surface area contributed by atoms with Crippen LogP contribution in [0.2, 0.25) is 0 Å². The topological polar surface area (TPSA) is 47.6 Å². The second kappa shape index (κ2) is 8.08. The third kappa shape index (κ3) is 5.13. The van der Waals surface area contributed by atoms with Gasteiger partial charge in [-0.1, -0.05) is 17.7 Å². The van der Waals surface area contributed by atoms with Crippen LogP contribution >= 0.6 is 0 Å². The van der Waals surface area contributed by atoms with Gasteiger partial charge in [0.2, 0.25) is 5.91 Å². The smallest absolute Gasteiger partial charge is 0.227 e. The zero-order valence-corrected chi connectivity index (χ0v) is 13.0. The summed E-state index contributed by atoms with van der Waals surface area (Å²) >= 11 is 0. The molecule has 1 amide bonds. The minimum Gasteiger partial charge on any atom is -0.494 e. The number of hydrogen-bond donors (Lipinski definition) is 1. The van der Waals surface area contributed by atoms with Crippen LogP contribution in [0.3, 0.4) is 0 Å². The van der Waals surface area contributed by atoms with Crippen LogP contribution in [0.1, 0.15) is 18.9 Å². The van der Waals surface area contributed by atoms with Crippen LogP contribution < -0.4 is 14.8 Å². The molecule has 1 N–H and O–H groups in total. The van der Waals surface area contributed by atoms with Gasteiger partial charge in [-0.25, -0.2) is 0 Å². The minimum atomic E-state index is -0.0729. The molecule has 0 spiro atoms. The van der Waals surface area contributed by atoms with Crippen molar-refractivity contribution >= 4 is 11.6 Å². The molecule has 116 valence electrons. The number of carbonyl (C=O) groups is 1. The molecule has 0 aliphatic rings. The van der Waals surface area contributed by atoms with Gasteiger partial charge in [0.15, 0.2) is 0 Å². The molecule has 22 heavy (non-hydrogen) atoms. The highest BCUT2D eigenvalue weighted by atomic mass is 16.5. The molecule has 0 saturated heterocycles. The fourth-order valence-electron chi connectivity index (χ4n) is 1.92. The van der Waals surface area contributed by atoms with Gasteiger partial charge in [0.25, 0.3) is 0 Å². The van der Waals surface area contributed by atoms with Crippen molar-refractivity contribution < 1.29 is 14.3 Å². The van der Waals surface area contributed by atoms with Crippen LogP contribution in [0.5, 0.6) is 11.5 Å². The molecule has 0 bridgehead atoms. The zero-order chi connectivity index (χ0) is 15.8. The normalized spacial score (nSPS) is 10.1. The van der Waals surface area contributed by atoms with Crippen molar-refractivity contribution in [3.05, 3.63) is 54.1 Å². The molecule has 2 rings (SSSR count). The van der Waals surface area contributed by atoms with Gasteiger partial charge in [0.05, 0.1) is 19.6 Å². The van der Waals surface area contributed by atoms with Gasteiger partial charge < -0.3 is 14.8 Å². The first kappa shape index (κ1) is 15.9. The summed E-state index contributed by atoms with van der Waals surface area (Å²) in [5, 5.41) is 2.83. The van der Waals surface area contributed by atoms with Gasteiger partial charge in [-0.3, -0.25) is 4.79 Å². The first-order valence-electron chi connectivity index (χ1n) is 7.39. The lowest BCUT2D eigenvalue weighted by molar-refractivity contribution is -0.116. The van der Waals surface area contributed by atoms with Gasteiger partial charge in [0, 0.05) is 5.69 Å². The summed E-state index contributed by atoms with van der Waals surface area (Å²) in [6.45, 7) is 4.94. The average Bonchev–Trinajstić information content (AvgIpc) is 2.51. The van der Waals surface area contributed by atoms with Crippen molar-refractivity contribution in [2.24, 2.45) is 0 Å². The fraction of sp³-hybridized carbons (Fsp3) is 0.278. The predicted molar refractivity (Wildman–Crippen MR) is 87.5 cm³/mol. The van der Waals surface area contributed by atoms with Crippen LogP contribution in [0.4, 0.5) is 5.69 Å². The summed E-state index contributed by atoms with van der Waals surface area (Å²) in [5.74, 6) is 1.50. The Bertz CT molecular complexity index is 591. The number of ether oxygens (including phenoxy) is 2. The van der Waals surface area contributed by atoms with Crippen LogP contribution in [-0.4, -0.2) is 19.1 Å². The van der Waals surface area contributed by atoms with E-state index in [2.05, 4.69) is 5.32 Å². The molecule has 0 fully saturated rings. The van der Waals surface area contributed by atoms with Gasteiger partial charge in [-0.2, -0.15) is 0 Å². The van der Waals surface area contributed by atoms with Crippen molar-refractivity contribution in [2.45, 2.75) is 20.3 Å². The van der Waals surface area contributed by atoms with Crippen molar-refractivity contribution in [1.29, 1.82) is 0 Å². The summed E-state index contributed by atoms with van der Waals surface area (Å²) in [5.41, 5.74) is 1.93. The van der Waals surface area contributed by atoms with E-state index < -0.39 is 0 Å². The summed E-state index contributed by atoms with van der Waals surface area (Å²) in [6.07, 6.45) is 0.307. The monoisotopic (exact) mass is 299 g/mol. The van der Waals surface area contributed by atoms with Gasteiger partial charge in [-0.15, -0.1) is 0 Å². The summed E-state index contributed by atoms with van der Waals surface area (Å²) in [4.78, 5) is 11.8. The molecule has 0 heterocycles. The van der Waals surface area contributed by atoms with E-state index in [4.69, 9.17) is 9.47 Å². The quantitative estimate of drug-likeness (QED) is 0.846. The van der Waals surface area contributed by atoms with E-state index in [1.54, 1.807) is 0 Å². The molecule has 0 unspecified atom stereocenters. The fourth-order valence-corrected chi connectivity index (χ4v) is 1.92. The van der Waals surface area contributed by atoms with E-state index in [1.165, 1.54) is 5.56 Å². The highest BCUT2D eigenvalue weighted by Gasteiger charge is 2.03. The molecule has 0 aliphatic heterocycles. The number of rotatable bonds is 7.